The Labute approximate surface area is 213 Å². The van der Waals surface area contributed by atoms with Gasteiger partial charge in [0.05, 0.1) is 22.1 Å². The summed E-state index contributed by atoms with van der Waals surface area (Å²) in [7, 11) is 0. The molecular weight excluding hydrogens is 450 g/mol. The van der Waals surface area contributed by atoms with Crippen LogP contribution in [0.4, 0.5) is 0 Å². The number of benzene rings is 5. The summed E-state index contributed by atoms with van der Waals surface area (Å²) in [5, 5.41) is 7.42. The topological polar surface area (TPSA) is 22.8 Å². The van der Waals surface area contributed by atoms with E-state index in [0.29, 0.717) is 0 Å². The van der Waals surface area contributed by atoms with E-state index in [0.717, 1.165) is 16.7 Å². The van der Waals surface area contributed by atoms with Gasteiger partial charge < -0.3 is 4.57 Å². The van der Waals surface area contributed by atoms with Crippen LogP contribution < -0.4 is 0 Å². The van der Waals surface area contributed by atoms with Gasteiger partial charge in [0, 0.05) is 38.8 Å². The molecule has 0 unspecified atom stereocenters. The highest BCUT2D eigenvalue weighted by Gasteiger charge is 2.18. The van der Waals surface area contributed by atoms with E-state index in [-0.39, 0.29) is 0 Å². The van der Waals surface area contributed by atoms with Gasteiger partial charge >= 0.3 is 0 Å². The molecule has 0 fully saturated rings. The van der Waals surface area contributed by atoms with Gasteiger partial charge in [-0.2, -0.15) is 0 Å². The van der Waals surface area contributed by atoms with Gasteiger partial charge in [-0.3, -0.25) is 4.57 Å². The Morgan fingerprint density at radius 1 is 0.568 bits per heavy atom. The summed E-state index contributed by atoms with van der Waals surface area (Å²) in [6.07, 6.45) is 2.19. The average Bonchev–Trinajstić information content (AvgIpc) is 3.52. The minimum Gasteiger partial charge on any atom is -0.316 e. The van der Waals surface area contributed by atoms with E-state index in [1.165, 1.54) is 54.7 Å². The molecule has 5 aromatic carbocycles. The van der Waals surface area contributed by atoms with E-state index in [1.807, 2.05) is 6.07 Å². The Balaban J connectivity index is 1.50. The second-order valence-corrected chi connectivity index (χ2v) is 9.75. The summed E-state index contributed by atoms with van der Waals surface area (Å²) in [5.41, 5.74) is 7.07. The van der Waals surface area contributed by atoms with Gasteiger partial charge in [-0.1, -0.05) is 72.8 Å². The molecule has 8 aromatic rings. The molecule has 0 N–H and O–H groups in total. The Hall–Kier alpha value is -4.89. The van der Waals surface area contributed by atoms with Crippen molar-refractivity contribution in [3.63, 3.8) is 0 Å². The number of hydrogen-bond acceptors (Lipinski definition) is 1. The van der Waals surface area contributed by atoms with Crippen LogP contribution in [0.2, 0.25) is 0 Å². The Morgan fingerprint density at radius 3 is 2.30 bits per heavy atom. The van der Waals surface area contributed by atoms with Crippen molar-refractivity contribution in [2.24, 2.45) is 0 Å². The van der Waals surface area contributed by atoms with Crippen LogP contribution in [0.1, 0.15) is 5.56 Å². The number of hydrogen-bond donors (Lipinski definition) is 0. The number of fused-ring (bicyclic) bond motifs is 8. The largest absolute Gasteiger partial charge is 0.316 e. The van der Waals surface area contributed by atoms with Crippen molar-refractivity contribution in [2.75, 3.05) is 0 Å². The monoisotopic (exact) mass is 473 g/mol. The van der Waals surface area contributed by atoms with Gasteiger partial charge in [-0.15, -0.1) is 0 Å². The first kappa shape index (κ1) is 20.3. The van der Waals surface area contributed by atoms with Crippen molar-refractivity contribution in [3.05, 3.63) is 127 Å². The van der Waals surface area contributed by atoms with E-state index >= 15 is 0 Å². The molecule has 0 radical (unpaired) electrons. The normalized spacial score (nSPS) is 11.9. The SMILES string of the molecule is Cc1ccccc1-n1ccc2ccc3c(ccc4c3c3ccccc3n4-c3ccc4ccccc4n3)c21. The molecule has 3 heterocycles. The molecule has 3 aromatic heterocycles. The molecule has 0 bridgehead atoms. The third-order valence-electron chi connectivity index (χ3n) is 7.67. The van der Waals surface area contributed by atoms with Crippen LogP contribution in [0.25, 0.3) is 65.9 Å². The van der Waals surface area contributed by atoms with Crippen molar-refractivity contribution in [1.82, 2.24) is 14.1 Å². The maximum absolute atomic E-state index is 5.06. The van der Waals surface area contributed by atoms with Gasteiger partial charge in [0.25, 0.3) is 0 Å². The van der Waals surface area contributed by atoms with Crippen LogP contribution in [0.3, 0.4) is 0 Å². The van der Waals surface area contributed by atoms with E-state index in [2.05, 4.69) is 131 Å². The number of nitrogens with zero attached hydrogens (tertiary/aromatic N) is 3. The van der Waals surface area contributed by atoms with Gasteiger partial charge in [0.15, 0.2) is 0 Å². The highest BCUT2D eigenvalue weighted by atomic mass is 15.1. The lowest BCUT2D eigenvalue weighted by Gasteiger charge is -2.12. The first-order valence-electron chi connectivity index (χ1n) is 12.7. The number of aryl methyl sites for hydroxylation is 1. The second kappa shape index (κ2) is 7.55. The van der Waals surface area contributed by atoms with Crippen molar-refractivity contribution < 1.29 is 0 Å². The maximum atomic E-state index is 5.06. The molecule has 3 nitrogen and oxygen atoms in total. The van der Waals surface area contributed by atoms with E-state index in [4.69, 9.17) is 4.98 Å². The molecular formula is C34H23N3. The molecule has 8 rings (SSSR count). The highest BCUT2D eigenvalue weighted by molar-refractivity contribution is 6.25. The van der Waals surface area contributed by atoms with Gasteiger partial charge in [0.2, 0.25) is 0 Å². The summed E-state index contributed by atoms with van der Waals surface area (Å²) in [6, 6.07) is 41.2. The van der Waals surface area contributed by atoms with Gasteiger partial charge in [0.1, 0.15) is 5.82 Å². The summed E-state index contributed by atoms with van der Waals surface area (Å²) < 4.78 is 4.64. The predicted octanol–water partition coefficient (Wildman–Crippen LogP) is 8.74. The number of rotatable bonds is 2. The average molecular weight is 474 g/mol. The molecule has 0 saturated carbocycles. The molecule has 0 saturated heterocycles. The fraction of sp³-hybridized carbons (Fsp3) is 0.0294. The minimum atomic E-state index is 0.939. The van der Waals surface area contributed by atoms with Crippen LogP contribution in [0.5, 0.6) is 0 Å². The van der Waals surface area contributed by atoms with Crippen molar-refractivity contribution in [1.29, 1.82) is 0 Å². The predicted molar refractivity (Wildman–Crippen MR) is 155 cm³/mol. The zero-order chi connectivity index (χ0) is 24.5. The van der Waals surface area contributed by atoms with E-state index in [1.54, 1.807) is 0 Å². The van der Waals surface area contributed by atoms with Crippen molar-refractivity contribution in [3.8, 4) is 11.5 Å². The van der Waals surface area contributed by atoms with Crippen LogP contribution in [-0.2, 0) is 0 Å². The van der Waals surface area contributed by atoms with Crippen LogP contribution in [0.15, 0.2) is 121 Å². The van der Waals surface area contributed by atoms with Crippen LogP contribution in [0, 0.1) is 6.92 Å². The molecule has 0 spiro atoms. The third-order valence-corrected chi connectivity index (χ3v) is 7.67. The van der Waals surface area contributed by atoms with Crippen LogP contribution >= 0.6 is 0 Å². The summed E-state index contributed by atoms with van der Waals surface area (Å²) in [6.45, 7) is 2.18. The molecule has 0 aliphatic carbocycles. The van der Waals surface area contributed by atoms with Gasteiger partial charge in [-0.25, -0.2) is 4.98 Å². The molecule has 3 heteroatoms. The minimum absolute atomic E-state index is 0.939. The first-order valence-corrected chi connectivity index (χ1v) is 12.7. The van der Waals surface area contributed by atoms with Crippen molar-refractivity contribution >= 4 is 54.4 Å². The second-order valence-electron chi connectivity index (χ2n) is 9.75. The third kappa shape index (κ3) is 2.85. The van der Waals surface area contributed by atoms with Crippen LogP contribution in [-0.4, -0.2) is 14.1 Å². The number of pyridine rings is 1. The molecule has 0 aliphatic heterocycles. The molecule has 174 valence electrons. The quantitative estimate of drug-likeness (QED) is 0.246. The Bertz CT molecular complexity index is 2160. The number of aromatic nitrogens is 3. The summed E-state index contributed by atoms with van der Waals surface area (Å²) >= 11 is 0. The Kier molecular flexibility index (Phi) is 4.15. The lowest BCUT2D eigenvalue weighted by atomic mass is 10.0. The Morgan fingerprint density at radius 2 is 1.35 bits per heavy atom. The lowest BCUT2D eigenvalue weighted by molar-refractivity contribution is 1.10. The van der Waals surface area contributed by atoms with E-state index < -0.39 is 0 Å². The first-order chi connectivity index (χ1) is 18.3. The molecule has 37 heavy (non-hydrogen) atoms. The van der Waals surface area contributed by atoms with Gasteiger partial charge in [-0.05, 0) is 60.3 Å². The zero-order valence-corrected chi connectivity index (χ0v) is 20.4. The molecule has 0 atom stereocenters. The zero-order valence-electron chi connectivity index (χ0n) is 20.4. The summed E-state index contributed by atoms with van der Waals surface area (Å²) in [4.78, 5) is 5.06. The standard InChI is InChI=1S/C34H23N3/c1-22-8-2-6-12-29(22)36-21-20-24-14-16-25-26(34(24)36)17-18-31-33(25)27-10-4-7-13-30(27)37(31)32-19-15-23-9-3-5-11-28(23)35-32/h2-21H,1H3. The highest BCUT2D eigenvalue weighted by Crippen LogP contribution is 2.39. The smallest absolute Gasteiger partial charge is 0.138 e. The maximum Gasteiger partial charge on any atom is 0.138 e. The molecule has 0 aliphatic rings. The number of para-hydroxylation sites is 3. The molecule has 0 amide bonds. The van der Waals surface area contributed by atoms with Crippen molar-refractivity contribution in [2.45, 2.75) is 6.92 Å². The fourth-order valence-electron chi connectivity index (χ4n) is 5.97. The summed E-state index contributed by atoms with van der Waals surface area (Å²) in [5.74, 6) is 0.939. The fourth-order valence-corrected chi connectivity index (χ4v) is 5.97. The van der Waals surface area contributed by atoms with E-state index in [9.17, 15) is 0 Å². The lowest BCUT2D eigenvalue weighted by Crippen LogP contribution is -1.97.